The van der Waals surface area contributed by atoms with Crippen molar-refractivity contribution < 1.29 is 9.59 Å². The third kappa shape index (κ3) is 18.5. The molecule has 2 aromatic rings. The van der Waals surface area contributed by atoms with Gasteiger partial charge >= 0.3 is 0 Å². The van der Waals surface area contributed by atoms with E-state index in [-0.39, 0.29) is 11.8 Å². The molecule has 0 unspecified atom stereocenters. The quantitative estimate of drug-likeness (QED) is 0.0610. The predicted octanol–water partition coefficient (Wildman–Crippen LogP) is 11.2. The van der Waals surface area contributed by atoms with Crippen molar-refractivity contribution in [2.24, 2.45) is 0 Å². The summed E-state index contributed by atoms with van der Waals surface area (Å²) in [5.74, 6) is 0.183. The van der Waals surface area contributed by atoms with E-state index in [4.69, 9.17) is 0 Å². The average molecular weight is 691 g/mol. The summed E-state index contributed by atoms with van der Waals surface area (Å²) in [5.41, 5.74) is 3.55. The molecule has 6 nitrogen and oxygen atoms in total. The predicted molar refractivity (Wildman–Crippen MR) is 215 cm³/mol. The smallest absolute Gasteiger partial charge is 0.254 e. The Morgan fingerprint density at radius 1 is 0.420 bits per heavy atom. The molecule has 0 aromatic heterocycles. The fourth-order valence-corrected chi connectivity index (χ4v) is 6.43. The van der Waals surface area contributed by atoms with Crippen LogP contribution in [0.1, 0.15) is 177 Å². The summed E-state index contributed by atoms with van der Waals surface area (Å²) >= 11 is 0. The van der Waals surface area contributed by atoms with Gasteiger partial charge in [0.15, 0.2) is 0 Å². The van der Waals surface area contributed by atoms with Gasteiger partial charge in [-0.15, -0.1) is 0 Å². The number of rotatable bonds is 31. The number of nitrogens with one attached hydrogen (secondary N) is 2. The largest absolute Gasteiger partial charge is 0.326 e. The summed E-state index contributed by atoms with van der Waals surface area (Å²) < 4.78 is 0. The molecule has 0 fully saturated rings. The van der Waals surface area contributed by atoms with Gasteiger partial charge in [-0.25, -0.2) is 0 Å². The Morgan fingerprint density at radius 2 is 0.720 bits per heavy atom. The molecule has 6 heteroatoms. The SMILES string of the molecule is CCCCCCCCNCN(CCCCCC)C(=O)c1ccc(-c2ccc(C(=O)N(CCCCCC)CNCCCCCCCC)cc2)cc1. The van der Waals surface area contributed by atoms with Gasteiger partial charge in [-0.1, -0.05) is 155 Å². The number of unbranched alkanes of at least 4 members (excludes halogenated alkanes) is 16. The van der Waals surface area contributed by atoms with Crippen molar-refractivity contribution in [3.8, 4) is 11.1 Å². The Bertz CT molecular complexity index is 1030. The molecule has 0 radical (unpaired) electrons. The van der Waals surface area contributed by atoms with Gasteiger partial charge in [0.25, 0.3) is 11.8 Å². The lowest BCUT2D eigenvalue weighted by Crippen LogP contribution is -2.40. The van der Waals surface area contributed by atoms with Crippen LogP contribution in [0.2, 0.25) is 0 Å². The first-order valence-corrected chi connectivity index (χ1v) is 20.8. The van der Waals surface area contributed by atoms with Gasteiger partial charge in [0.05, 0.1) is 13.3 Å². The Balaban J connectivity index is 1.98. The van der Waals surface area contributed by atoms with Crippen molar-refractivity contribution >= 4 is 11.8 Å². The monoisotopic (exact) mass is 691 g/mol. The van der Waals surface area contributed by atoms with Gasteiger partial charge in [-0.2, -0.15) is 0 Å². The minimum atomic E-state index is 0.0913. The number of nitrogens with zero attached hydrogens (tertiary/aromatic N) is 2. The highest BCUT2D eigenvalue weighted by molar-refractivity contribution is 5.95. The summed E-state index contributed by atoms with van der Waals surface area (Å²) in [6.07, 6.45) is 24.4. The molecule has 0 spiro atoms. The third-order valence-electron chi connectivity index (χ3n) is 9.75. The molecule has 0 aliphatic rings. The van der Waals surface area contributed by atoms with Crippen LogP contribution in [0.4, 0.5) is 0 Å². The zero-order valence-electron chi connectivity index (χ0n) is 32.7. The number of carbonyl (C=O) groups excluding carboxylic acids is 2. The molecule has 2 N–H and O–H groups in total. The fourth-order valence-electron chi connectivity index (χ4n) is 6.43. The van der Waals surface area contributed by atoms with Crippen LogP contribution >= 0.6 is 0 Å². The van der Waals surface area contributed by atoms with E-state index in [1.165, 1.54) is 89.9 Å². The molecule has 0 saturated heterocycles. The Morgan fingerprint density at radius 3 is 1.06 bits per heavy atom. The number of carbonyl (C=O) groups is 2. The second-order valence-corrected chi connectivity index (χ2v) is 14.3. The topological polar surface area (TPSA) is 64.7 Å². The zero-order chi connectivity index (χ0) is 36.1. The molecule has 0 atom stereocenters. The van der Waals surface area contributed by atoms with Crippen molar-refractivity contribution in [1.82, 2.24) is 20.4 Å². The highest BCUT2D eigenvalue weighted by Crippen LogP contribution is 2.22. The van der Waals surface area contributed by atoms with Gasteiger partial charge < -0.3 is 9.80 Å². The van der Waals surface area contributed by atoms with Crippen LogP contribution < -0.4 is 10.6 Å². The maximum atomic E-state index is 13.6. The van der Waals surface area contributed by atoms with Crippen molar-refractivity contribution in [3.05, 3.63) is 59.7 Å². The van der Waals surface area contributed by atoms with Crippen LogP contribution in [0.3, 0.4) is 0 Å². The second kappa shape index (κ2) is 28.9. The molecule has 50 heavy (non-hydrogen) atoms. The van der Waals surface area contributed by atoms with E-state index >= 15 is 0 Å². The summed E-state index contributed by atoms with van der Waals surface area (Å²) in [7, 11) is 0. The Labute approximate surface area is 307 Å². The lowest BCUT2D eigenvalue weighted by Gasteiger charge is -2.24. The summed E-state index contributed by atoms with van der Waals surface area (Å²) in [4.78, 5) is 31.2. The summed E-state index contributed by atoms with van der Waals surface area (Å²) in [6.45, 7) is 13.6. The zero-order valence-corrected chi connectivity index (χ0v) is 32.7. The second-order valence-electron chi connectivity index (χ2n) is 14.3. The summed E-state index contributed by atoms with van der Waals surface area (Å²) in [6, 6.07) is 16.0. The minimum absolute atomic E-state index is 0.0913. The number of amides is 2. The van der Waals surface area contributed by atoms with Gasteiger partial charge in [0.1, 0.15) is 0 Å². The van der Waals surface area contributed by atoms with E-state index in [1.807, 2.05) is 58.3 Å². The van der Waals surface area contributed by atoms with Crippen molar-refractivity contribution in [2.45, 2.75) is 156 Å². The minimum Gasteiger partial charge on any atom is -0.326 e. The van der Waals surface area contributed by atoms with Gasteiger partial charge in [0.2, 0.25) is 0 Å². The van der Waals surface area contributed by atoms with Crippen LogP contribution in [-0.4, -0.2) is 61.1 Å². The first kappa shape index (κ1) is 43.5. The average Bonchev–Trinajstić information content (AvgIpc) is 3.15. The van der Waals surface area contributed by atoms with E-state index in [0.29, 0.717) is 13.3 Å². The maximum Gasteiger partial charge on any atom is 0.254 e. The van der Waals surface area contributed by atoms with Gasteiger partial charge in [0, 0.05) is 24.2 Å². The van der Waals surface area contributed by atoms with Gasteiger partial charge in [-0.05, 0) is 74.2 Å². The highest BCUT2D eigenvalue weighted by Gasteiger charge is 2.17. The molecule has 0 heterocycles. The first-order chi connectivity index (χ1) is 24.5. The lowest BCUT2D eigenvalue weighted by atomic mass is 10.0. The molecule has 0 aliphatic heterocycles. The Hall–Kier alpha value is -2.70. The molecular weight excluding hydrogens is 617 g/mol. The fraction of sp³-hybridized carbons (Fsp3) is 0.682. The van der Waals surface area contributed by atoms with Crippen molar-refractivity contribution in [3.63, 3.8) is 0 Å². The van der Waals surface area contributed by atoms with E-state index in [0.717, 1.165) is 87.0 Å². The highest BCUT2D eigenvalue weighted by atomic mass is 16.2. The van der Waals surface area contributed by atoms with E-state index in [9.17, 15) is 9.59 Å². The molecule has 0 bridgehead atoms. The number of hydrogen-bond acceptors (Lipinski definition) is 4. The van der Waals surface area contributed by atoms with Crippen LogP contribution in [0.15, 0.2) is 48.5 Å². The van der Waals surface area contributed by atoms with Crippen molar-refractivity contribution in [2.75, 3.05) is 39.5 Å². The number of hydrogen-bond donors (Lipinski definition) is 2. The summed E-state index contributed by atoms with van der Waals surface area (Å²) in [5, 5.41) is 7.08. The lowest BCUT2D eigenvalue weighted by molar-refractivity contribution is 0.0731. The van der Waals surface area contributed by atoms with Gasteiger partial charge in [-0.3, -0.25) is 20.2 Å². The van der Waals surface area contributed by atoms with Crippen LogP contribution in [0, 0.1) is 0 Å². The molecule has 2 aromatic carbocycles. The van der Waals surface area contributed by atoms with Crippen LogP contribution in [0.25, 0.3) is 11.1 Å². The Kier molecular flexibility index (Phi) is 25.2. The molecule has 282 valence electrons. The van der Waals surface area contributed by atoms with Crippen LogP contribution in [0.5, 0.6) is 0 Å². The number of benzene rings is 2. The van der Waals surface area contributed by atoms with E-state index in [1.54, 1.807) is 0 Å². The first-order valence-electron chi connectivity index (χ1n) is 20.8. The molecule has 0 aliphatic carbocycles. The molecule has 0 saturated carbocycles. The van der Waals surface area contributed by atoms with Crippen LogP contribution in [-0.2, 0) is 0 Å². The normalized spacial score (nSPS) is 11.2. The van der Waals surface area contributed by atoms with Crippen molar-refractivity contribution in [1.29, 1.82) is 0 Å². The third-order valence-corrected chi connectivity index (χ3v) is 9.75. The standard InChI is InChI=1S/C44H74N4O2/c1-5-9-13-17-19-21-33-45-37-47(35-23-15-11-7-3)43(49)41-29-25-39(26-30-41)40-27-31-42(32-28-40)44(50)48(36-24-16-12-8-4)38-46-34-22-20-18-14-10-6-2/h25-32,45-46H,5-24,33-38H2,1-4H3. The van der Waals surface area contributed by atoms with E-state index in [2.05, 4.69) is 38.3 Å². The molecular formula is C44H74N4O2. The van der Waals surface area contributed by atoms with E-state index < -0.39 is 0 Å². The maximum absolute atomic E-state index is 13.6. The molecule has 2 rings (SSSR count). The molecule has 2 amide bonds.